The predicted octanol–water partition coefficient (Wildman–Crippen LogP) is 3.18. The molecule has 84 valence electrons. The normalized spacial score (nSPS) is 10.4. The monoisotopic (exact) mass is 235 g/mol. The van der Waals surface area contributed by atoms with E-state index < -0.39 is 5.97 Å². The zero-order valence-electron chi connectivity index (χ0n) is 9.50. The lowest BCUT2D eigenvalue weighted by Crippen LogP contribution is -1.98. The van der Waals surface area contributed by atoms with Crippen LogP contribution in [0.5, 0.6) is 0 Å². The number of carboxylic acid groups (broad SMARTS) is 1. The minimum atomic E-state index is -0.990. The zero-order valence-corrected chi connectivity index (χ0v) is 10.3. The molecule has 3 nitrogen and oxygen atoms in total. The smallest absolute Gasteiger partial charge is 0.348 e. The quantitative estimate of drug-likeness (QED) is 0.632. The second-order valence-electron chi connectivity index (χ2n) is 4.29. The fraction of sp³-hybridized carbons (Fsp3) is 0.333. The molecular weight excluding hydrogens is 222 g/mol. The summed E-state index contributed by atoms with van der Waals surface area (Å²) < 4.78 is 0. The summed E-state index contributed by atoms with van der Waals surface area (Å²) in [6.07, 6.45) is 0. The Balaban J connectivity index is 3.13. The summed E-state index contributed by atoms with van der Waals surface area (Å²) in [6.45, 7) is 9.34. The van der Waals surface area contributed by atoms with Gasteiger partial charge in [0.15, 0.2) is 0 Å². The fourth-order valence-electron chi connectivity index (χ4n) is 0.963. The van der Waals surface area contributed by atoms with Crippen LogP contribution in [-0.2, 0) is 0 Å². The van der Waals surface area contributed by atoms with Crippen LogP contribution in [-0.4, -0.2) is 17.8 Å². The average Bonchev–Trinajstić information content (AvgIpc) is 2.56. The zero-order chi connectivity index (χ0) is 12.3. The van der Waals surface area contributed by atoms with Crippen LogP contribution in [0.4, 0.5) is 5.69 Å². The van der Waals surface area contributed by atoms with Crippen LogP contribution in [0.3, 0.4) is 0 Å². The minimum absolute atomic E-state index is 0.102. The highest BCUT2D eigenvalue weighted by Crippen LogP contribution is 2.29. The van der Waals surface area contributed by atoms with E-state index in [1.807, 2.05) is 20.8 Å². The molecule has 4 heteroatoms. The van der Waals surface area contributed by atoms with Crippen molar-refractivity contribution in [3.05, 3.63) is 15.8 Å². The number of hydrogen-bond acceptors (Lipinski definition) is 3. The van der Waals surface area contributed by atoms with E-state index in [2.05, 4.69) is 23.6 Å². The molecule has 0 saturated carbocycles. The van der Waals surface area contributed by atoms with Crippen LogP contribution in [0.25, 0.3) is 0 Å². The highest BCUT2D eigenvalue weighted by molar-refractivity contribution is 7.15. The van der Waals surface area contributed by atoms with Crippen LogP contribution in [0.1, 0.15) is 35.3 Å². The molecule has 0 radical (unpaired) electrons. The highest BCUT2D eigenvalue weighted by atomic mass is 32.1. The van der Waals surface area contributed by atoms with Crippen LogP contribution in [0.2, 0.25) is 0 Å². The second-order valence-corrected chi connectivity index (χ2v) is 5.34. The summed E-state index contributed by atoms with van der Waals surface area (Å²) in [7, 11) is 0. The number of rotatable bonds is 2. The molecule has 0 fully saturated rings. The third-order valence-electron chi connectivity index (χ3n) is 1.64. The maximum atomic E-state index is 10.9. The first-order valence-electron chi connectivity index (χ1n) is 4.70. The first kappa shape index (κ1) is 12.5. The van der Waals surface area contributed by atoms with Gasteiger partial charge < -0.3 is 5.11 Å². The number of thiophene rings is 1. The number of hydrogen-bond donors (Lipinski definition) is 1. The van der Waals surface area contributed by atoms with Crippen LogP contribution >= 0.6 is 11.3 Å². The molecule has 0 aliphatic rings. The Morgan fingerprint density at radius 1 is 1.56 bits per heavy atom. The molecule has 0 aliphatic carbocycles. The van der Waals surface area contributed by atoms with Crippen molar-refractivity contribution in [2.45, 2.75) is 20.8 Å². The molecule has 0 aromatic carbocycles. The van der Waals surface area contributed by atoms with Crippen LogP contribution in [0, 0.1) is 17.3 Å². The fourth-order valence-corrected chi connectivity index (χ4v) is 1.77. The van der Waals surface area contributed by atoms with E-state index in [4.69, 9.17) is 5.11 Å². The number of aliphatic imine (C=N–C) groups is 1. The molecule has 0 unspecified atom stereocenters. The maximum Gasteiger partial charge on any atom is 0.348 e. The molecule has 0 atom stereocenters. The largest absolute Gasteiger partial charge is 0.477 e. The number of aromatic carboxylic acids is 1. The van der Waals surface area contributed by atoms with Crippen molar-refractivity contribution in [2.75, 3.05) is 0 Å². The van der Waals surface area contributed by atoms with Crippen molar-refractivity contribution in [3.63, 3.8) is 0 Å². The van der Waals surface area contributed by atoms with E-state index in [1.54, 1.807) is 6.07 Å². The molecule has 16 heavy (non-hydrogen) atoms. The van der Waals surface area contributed by atoms with Crippen LogP contribution < -0.4 is 0 Å². The summed E-state index contributed by atoms with van der Waals surface area (Å²) >= 11 is 1.13. The Labute approximate surface area is 98.8 Å². The van der Waals surface area contributed by atoms with Crippen molar-refractivity contribution < 1.29 is 9.90 Å². The van der Waals surface area contributed by atoms with Gasteiger partial charge in [0.25, 0.3) is 0 Å². The summed E-state index contributed by atoms with van der Waals surface area (Å²) in [5, 5.41) is 8.91. The number of nitrogens with zero attached hydrogens (tertiary/aromatic N) is 1. The third-order valence-corrected chi connectivity index (χ3v) is 2.67. The van der Waals surface area contributed by atoms with E-state index in [0.29, 0.717) is 10.6 Å². The van der Waals surface area contributed by atoms with Crippen molar-refractivity contribution >= 4 is 29.7 Å². The van der Waals surface area contributed by atoms with Gasteiger partial charge in [0, 0.05) is 5.41 Å². The van der Waals surface area contributed by atoms with E-state index in [0.717, 1.165) is 11.3 Å². The summed E-state index contributed by atoms with van der Waals surface area (Å²) in [6, 6.07) is 1.65. The van der Waals surface area contributed by atoms with Crippen molar-refractivity contribution in [1.82, 2.24) is 0 Å². The van der Waals surface area contributed by atoms with E-state index in [-0.39, 0.29) is 10.3 Å². The van der Waals surface area contributed by atoms with Gasteiger partial charge in [-0.15, -0.1) is 11.3 Å². The van der Waals surface area contributed by atoms with Crippen LogP contribution in [0.15, 0.2) is 11.1 Å². The predicted molar refractivity (Wildman–Crippen MR) is 66.8 cm³/mol. The van der Waals surface area contributed by atoms with Gasteiger partial charge in [0.1, 0.15) is 4.88 Å². The van der Waals surface area contributed by atoms with Gasteiger partial charge in [0.2, 0.25) is 0 Å². The standard InChI is InChI=1S/C12H13NO2S/c1-12(2,3)6-5-8-7-9(13-4)10(16-8)11(14)15/h7H,4H2,1-3H3,(H,14,15). The lowest BCUT2D eigenvalue weighted by molar-refractivity contribution is 0.0703. The van der Waals surface area contributed by atoms with Gasteiger partial charge in [-0.2, -0.15) is 0 Å². The third kappa shape index (κ3) is 3.21. The van der Waals surface area contributed by atoms with Gasteiger partial charge >= 0.3 is 5.97 Å². The van der Waals surface area contributed by atoms with E-state index in [1.165, 1.54) is 0 Å². The number of carbonyl (C=O) groups is 1. The Morgan fingerprint density at radius 3 is 2.56 bits per heavy atom. The van der Waals surface area contributed by atoms with Gasteiger partial charge in [-0.05, 0) is 33.6 Å². The van der Waals surface area contributed by atoms with E-state index in [9.17, 15) is 4.79 Å². The molecule has 0 amide bonds. The van der Waals surface area contributed by atoms with Gasteiger partial charge in [-0.1, -0.05) is 11.8 Å². The molecule has 1 N–H and O–H groups in total. The molecule has 0 spiro atoms. The first-order valence-corrected chi connectivity index (χ1v) is 5.52. The highest BCUT2D eigenvalue weighted by Gasteiger charge is 2.13. The molecular formula is C12H13NO2S. The Morgan fingerprint density at radius 2 is 2.19 bits per heavy atom. The first-order chi connectivity index (χ1) is 7.33. The Hall–Kier alpha value is -1.60. The van der Waals surface area contributed by atoms with E-state index >= 15 is 0 Å². The second kappa shape index (κ2) is 4.50. The summed E-state index contributed by atoms with van der Waals surface area (Å²) in [5.41, 5.74) is 0.283. The van der Waals surface area contributed by atoms with Gasteiger partial charge in [0.05, 0.1) is 10.6 Å². The molecule has 1 aromatic heterocycles. The Kier molecular flexibility index (Phi) is 3.51. The van der Waals surface area contributed by atoms with Crippen molar-refractivity contribution in [2.24, 2.45) is 10.4 Å². The molecule has 0 bridgehead atoms. The Bertz CT molecular complexity index is 483. The SMILES string of the molecule is C=Nc1cc(C#CC(C)(C)C)sc1C(=O)O. The molecule has 0 saturated heterocycles. The van der Waals surface area contributed by atoms with Gasteiger partial charge in [-0.3, -0.25) is 4.99 Å². The molecule has 1 rings (SSSR count). The molecule has 1 aromatic rings. The lowest BCUT2D eigenvalue weighted by Gasteiger charge is -2.06. The summed E-state index contributed by atoms with van der Waals surface area (Å²) in [4.78, 5) is 15.4. The minimum Gasteiger partial charge on any atom is -0.477 e. The topological polar surface area (TPSA) is 49.7 Å². The summed E-state index contributed by atoms with van der Waals surface area (Å²) in [5.74, 6) is 5.01. The van der Waals surface area contributed by atoms with Crippen molar-refractivity contribution in [3.8, 4) is 11.8 Å². The number of carboxylic acids is 1. The van der Waals surface area contributed by atoms with Gasteiger partial charge in [-0.25, -0.2) is 4.79 Å². The van der Waals surface area contributed by atoms with Crippen molar-refractivity contribution in [1.29, 1.82) is 0 Å². The maximum absolute atomic E-state index is 10.9. The lowest BCUT2D eigenvalue weighted by atomic mass is 9.98. The average molecular weight is 235 g/mol. The molecule has 0 aliphatic heterocycles. The molecule has 1 heterocycles.